The number of rotatable bonds is 4. The molecule has 0 atom stereocenters. The van der Waals surface area contributed by atoms with Crippen LogP contribution in [0.25, 0.3) is 0 Å². The molecule has 0 spiro atoms. The molecule has 0 fully saturated rings. The minimum Gasteiger partial charge on any atom is -0.445 e. The van der Waals surface area contributed by atoms with Crippen molar-refractivity contribution < 1.29 is 12.8 Å². The number of pyridine rings is 1. The molecule has 0 unspecified atom stereocenters. The first kappa shape index (κ1) is 13.0. The van der Waals surface area contributed by atoms with Crippen LogP contribution in [-0.2, 0) is 16.6 Å². The second kappa shape index (κ2) is 5.05. The highest BCUT2D eigenvalue weighted by Crippen LogP contribution is 2.13. The second-order valence-corrected chi connectivity index (χ2v) is 5.73. The van der Waals surface area contributed by atoms with E-state index in [2.05, 4.69) is 14.7 Å². The van der Waals surface area contributed by atoms with E-state index in [0.29, 0.717) is 11.7 Å². The lowest BCUT2D eigenvalue weighted by Gasteiger charge is -2.04. The Bertz CT molecular complexity index is 654. The number of aromatic nitrogens is 2. The Morgan fingerprint density at radius 3 is 2.78 bits per heavy atom. The van der Waals surface area contributed by atoms with Gasteiger partial charge in [-0.05, 0) is 13.0 Å². The first-order chi connectivity index (χ1) is 8.47. The lowest BCUT2D eigenvalue weighted by molar-refractivity contribution is 0.463. The molecule has 0 aliphatic carbocycles. The predicted octanol–water partition coefficient (Wildman–Crippen LogP) is 1.51. The van der Waals surface area contributed by atoms with Crippen molar-refractivity contribution in [2.45, 2.75) is 18.4 Å². The monoisotopic (exact) mass is 287 g/mol. The lowest BCUT2D eigenvalue weighted by Crippen LogP contribution is -2.23. The molecule has 0 saturated carbocycles. The van der Waals surface area contributed by atoms with Crippen LogP contribution in [0.3, 0.4) is 0 Å². The van der Waals surface area contributed by atoms with Gasteiger partial charge in [-0.15, -0.1) is 0 Å². The zero-order valence-electron chi connectivity index (χ0n) is 9.42. The van der Waals surface area contributed by atoms with Crippen molar-refractivity contribution in [3.05, 3.63) is 41.3 Å². The third-order valence-electron chi connectivity index (χ3n) is 2.07. The number of hydrogen-bond donors (Lipinski definition) is 1. The molecular weight excluding hydrogens is 278 g/mol. The third kappa shape index (κ3) is 3.06. The molecule has 18 heavy (non-hydrogen) atoms. The molecule has 0 radical (unpaired) electrons. The van der Waals surface area contributed by atoms with E-state index in [-0.39, 0.29) is 16.5 Å². The number of aryl methyl sites for hydroxylation is 1. The maximum Gasteiger partial charge on any atom is 0.242 e. The summed E-state index contributed by atoms with van der Waals surface area (Å²) in [4.78, 5) is 7.61. The molecule has 1 N–H and O–H groups in total. The van der Waals surface area contributed by atoms with Crippen LogP contribution >= 0.6 is 11.6 Å². The van der Waals surface area contributed by atoms with E-state index in [9.17, 15) is 8.42 Å². The van der Waals surface area contributed by atoms with Crippen molar-refractivity contribution in [2.75, 3.05) is 0 Å². The number of hydrogen-bond acceptors (Lipinski definition) is 5. The van der Waals surface area contributed by atoms with E-state index in [1.165, 1.54) is 24.7 Å². The Kier molecular flexibility index (Phi) is 3.65. The van der Waals surface area contributed by atoms with Gasteiger partial charge in [0, 0.05) is 12.4 Å². The van der Waals surface area contributed by atoms with Crippen LogP contribution in [0, 0.1) is 6.92 Å². The normalized spacial score (nSPS) is 11.7. The lowest BCUT2D eigenvalue weighted by atomic mass is 10.5. The van der Waals surface area contributed by atoms with Gasteiger partial charge < -0.3 is 4.42 Å². The quantitative estimate of drug-likeness (QED) is 0.921. The van der Waals surface area contributed by atoms with Crippen LogP contribution in [0.1, 0.15) is 11.7 Å². The molecule has 8 heteroatoms. The zero-order chi connectivity index (χ0) is 13.2. The number of halogens is 1. The summed E-state index contributed by atoms with van der Waals surface area (Å²) in [5.41, 5.74) is 0. The van der Waals surface area contributed by atoms with Crippen LogP contribution in [-0.4, -0.2) is 18.4 Å². The fraction of sp³-hybridized carbons (Fsp3) is 0.200. The van der Waals surface area contributed by atoms with E-state index in [0.717, 1.165) is 0 Å². The topological polar surface area (TPSA) is 85.1 Å². The van der Waals surface area contributed by atoms with Crippen molar-refractivity contribution in [3.63, 3.8) is 0 Å². The van der Waals surface area contributed by atoms with E-state index in [4.69, 9.17) is 16.0 Å². The Hall–Kier alpha value is -1.44. The van der Waals surface area contributed by atoms with Gasteiger partial charge in [0.2, 0.25) is 15.9 Å². The first-order valence-electron chi connectivity index (χ1n) is 4.99. The van der Waals surface area contributed by atoms with Gasteiger partial charge in [0.1, 0.15) is 10.7 Å². The Balaban J connectivity index is 2.13. The van der Waals surface area contributed by atoms with Crippen molar-refractivity contribution in [1.82, 2.24) is 14.7 Å². The standard InChI is InChI=1S/C10H10ClN3O3S/c1-7-3-13-10(17-7)6-14-18(15,16)9-2-8(11)4-12-5-9/h2-5,14H,6H2,1H3. The van der Waals surface area contributed by atoms with E-state index < -0.39 is 10.0 Å². The van der Waals surface area contributed by atoms with Gasteiger partial charge in [0.15, 0.2) is 0 Å². The summed E-state index contributed by atoms with van der Waals surface area (Å²) in [6, 6.07) is 1.32. The Morgan fingerprint density at radius 1 is 1.39 bits per heavy atom. The highest BCUT2D eigenvalue weighted by molar-refractivity contribution is 7.89. The maximum atomic E-state index is 11.9. The maximum absolute atomic E-state index is 11.9. The summed E-state index contributed by atoms with van der Waals surface area (Å²) in [6.07, 6.45) is 4.09. The molecule has 2 aromatic rings. The number of oxazole rings is 1. The fourth-order valence-corrected chi connectivity index (χ4v) is 2.46. The van der Waals surface area contributed by atoms with Crippen LogP contribution < -0.4 is 4.72 Å². The van der Waals surface area contributed by atoms with Crippen LogP contribution in [0.2, 0.25) is 5.02 Å². The highest BCUT2D eigenvalue weighted by atomic mass is 35.5. The van der Waals surface area contributed by atoms with Crippen LogP contribution in [0.15, 0.2) is 34.0 Å². The van der Waals surface area contributed by atoms with Crippen LogP contribution in [0.4, 0.5) is 0 Å². The van der Waals surface area contributed by atoms with E-state index >= 15 is 0 Å². The molecule has 2 heterocycles. The van der Waals surface area contributed by atoms with Crippen molar-refractivity contribution >= 4 is 21.6 Å². The molecular formula is C10H10ClN3O3S. The summed E-state index contributed by atoms with van der Waals surface area (Å²) in [6.45, 7) is 1.70. The third-order valence-corrected chi connectivity index (χ3v) is 3.65. The zero-order valence-corrected chi connectivity index (χ0v) is 11.0. The fourth-order valence-electron chi connectivity index (χ4n) is 1.26. The molecule has 0 bridgehead atoms. The van der Waals surface area contributed by atoms with Crippen molar-refractivity contribution in [1.29, 1.82) is 0 Å². The second-order valence-electron chi connectivity index (χ2n) is 3.53. The Morgan fingerprint density at radius 2 is 2.17 bits per heavy atom. The van der Waals surface area contributed by atoms with Crippen molar-refractivity contribution in [3.8, 4) is 0 Å². The number of nitrogens with one attached hydrogen (secondary N) is 1. The molecule has 0 aromatic carbocycles. The molecule has 0 aliphatic rings. The molecule has 2 rings (SSSR count). The molecule has 0 amide bonds. The van der Waals surface area contributed by atoms with Gasteiger partial charge in [0.25, 0.3) is 0 Å². The molecule has 0 saturated heterocycles. The van der Waals surface area contributed by atoms with Crippen molar-refractivity contribution in [2.24, 2.45) is 0 Å². The Labute approximate surface area is 109 Å². The van der Waals surface area contributed by atoms with Gasteiger partial charge in [0.05, 0.1) is 17.8 Å². The summed E-state index contributed by atoms with van der Waals surface area (Å²) in [5.74, 6) is 0.916. The smallest absolute Gasteiger partial charge is 0.242 e. The summed E-state index contributed by atoms with van der Waals surface area (Å²) < 4.78 is 31.3. The minimum absolute atomic E-state index is 0.00159. The molecule has 0 aliphatic heterocycles. The van der Waals surface area contributed by atoms with Gasteiger partial charge in [-0.3, -0.25) is 4.98 Å². The van der Waals surface area contributed by atoms with E-state index in [1.807, 2.05) is 0 Å². The average Bonchev–Trinajstić information content (AvgIpc) is 2.73. The number of sulfonamides is 1. The predicted molar refractivity (Wildman–Crippen MR) is 64.5 cm³/mol. The molecule has 96 valence electrons. The van der Waals surface area contributed by atoms with Gasteiger partial charge >= 0.3 is 0 Å². The highest BCUT2D eigenvalue weighted by Gasteiger charge is 2.15. The van der Waals surface area contributed by atoms with Gasteiger partial charge in [-0.25, -0.2) is 18.1 Å². The first-order valence-corrected chi connectivity index (χ1v) is 6.85. The summed E-state index contributed by atoms with van der Waals surface area (Å²) in [7, 11) is -3.67. The van der Waals surface area contributed by atoms with E-state index in [1.54, 1.807) is 6.92 Å². The molecule has 2 aromatic heterocycles. The minimum atomic E-state index is -3.67. The summed E-state index contributed by atoms with van der Waals surface area (Å²) in [5, 5.41) is 0.254. The largest absolute Gasteiger partial charge is 0.445 e. The molecule has 6 nitrogen and oxygen atoms in total. The SMILES string of the molecule is Cc1cnc(CNS(=O)(=O)c2cncc(Cl)c2)o1. The number of nitrogens with zero attached hydrogens (tertiary/aromatic N) is 2. The van der Waals surface area contributed by atoms with Crippen LogP contribution in [0.5, 0.6) is 0 Å². The average molecular weight is 288 g/mol. The van der Waals surface area contributed by atoms with Gasteiger partial charge in [-0.1, -0.05) is 11.6 Å². The summed E-state index contributed by atoms with van der Waals surface area (Å²) >= 11 is 5.69. The van der Waals surface area contributed by atoms with Gasteiger partial charge in [-0.2, -0.15) is 0 Å².